The number of carbonyl (C=O) groups is 1. The van der Waals surface area contributed by atoms with E-state index in [9.17, 15) is 19.2 Å². The average Bonchev–Trinajstić information content (AvgIpc) is 2.94. The van der Waals surface area contributed by atoms with Crippen molar-refractivity contribution >= 4 is 34.1 Å². The Hall–Kier alpha value is -3.94. The van der Waals surface area contributed by atoms with Crippen LogP contribution in [0.4, 0.5) is 14.5 Å². The monoisotopic (exact) mass is 593 g/mol. The highest BCUT2D eigenvalue weighted by Gasteiger charge is 2.36. The summed E-state index contributed by atoms with van der Waals surface area (Å²) in [5.41, 5.74) is 0.634. The fraction of sp³-hybridized carbons (Fsp3) is 0.387. The predicted molar refractivity (Wildman–Crippen MR) is 157 cm³/mol. The first-order chi connectivity index (χ1) is 20.2. The van der Waals surface area contributed by atoms with E-state index in [2.05, 4.69) is 17.5 Å². The summed E-state index contributed by atoms with van der Waals surface area (Å²) in [6, 6.07) is 6.43. The maximum atomic E-state index is 15.1. The number of likely N-dealkylation sites (tertiary alicyclic amines) is 1. The molecule has 42 heavy (non-hydrogen) atoms. The minimum Gasteiger partial charge on any atom is -0.488 e. The first-order valence-corrected chi connectivity index (χ1v) is 14.4. The number of hydrogen-bond donors (Lipinski definition) is 0. The number of ether oxygens (including phenoxy) is 1. The number of carbonyl (C=O) groups excluding carboxylic acids is 1. The summed E-state index contributed by atoms with van der Waals surface area (Å²) in [5, 5.41) is 11.0. The van der Waals surface area contributed by atoms with E-state index in [0.29, 0.717) is 42.6 Å². The number of nitriles is 1. The van der Waals surface area contributed by atoms with E-state index in [1.165, 1.54) is 12.1 Å². The van der Waals surface area contributed by atoms with Crippen molar-refractivity contribution in [3.8, 4) is 22.9 Å². The zero-order valence-corrected chi connectivity index (χ0v) is 24.0. The van der Waals surface area contributed by atoms with Crippen molar-refractivity contribution in [2.45, 2.75) is 31.8 Å². The SMILES string of the molecule is C=CC(=O)N1CCN(c2c(C#N)c(=O)n3c4c(c(-c5ccc(F)cc5F)c(Cl)cc24)OCC3CCN2CCC2)C(C)C1. The number of aromatic nitrogens is 1. The second-order valence-electron chi connectivity index (χ2n) is 11.1. The molecule has 2 saturated heterocycles. The normalized spacial score (nSPS) is 20.2. The third-order valence-corrected chi connectivity index (χ3v) is 8.90. The van der Waals surface area contributed by atoms with E-state index < -0.39 is 17.2 Å². The standard InChI is InChI=1S/C31H30ClF2N5O3/c1-3-26(40)37-11-12-38(18(2)16-37)28-22-14-24(32)27(21-6-5-19(33)13-25(21)34)30-29(22)39(31(41)23(28)15-35)20(17-42-30)7-10-36-8-4-9-36/h3,5-6,13-14,18,20H,1,4,7-12,16-17H2,2H3. The minimum absolute atomic E-state index is 0.0172. The number of nitrogens with zero attached hydrogens (tertiary/aromatic N) is 5. The number of halogens is 3. The summed E-state index contributed by atoms with van der Waals surface area (Å²) >= 11 is 6.84. The van der Waals surface area contributed by atoms with Crippen LogP contribution in [-0.2, 0) is 4.79 Å². The van der Waals surface area contributed by atoms with Crippen LogP contribution in [0.1, 0.15) is 31.4 Å². The zero-order chi connectivity index (χ0) is 29.7. The third kappa shape index (κ3) is 4.61. The molecule has 0 aliphatic carbocycles. The van der Waals surface area contributed by atoms with Crippen LogP contribution in [-0.4, -0.2) is 72.2 Å². The molecule has 2 fully saturated rings. The topological polar surface area (TPSA) is 81.8 Å². The zero-order valence-electron chi connectivity index (χ0n) is 23.2. The molecule has 0 bridgehead atoms. The number of rotatable bonds is 6. The first-order valence-electron chi connectivity index (χ1n) is 14.1. The summed E-state index contributed by atoms with van der Waals surface area (Å²) in [5.74, 6) is -1.50. The Morgan fingerprint density at radius 1 is 1.24 bits per heavy atom. The van der Waals surface area contributed by atoms with Crippen molar-refractivity contribution in [2.75, 3.05) is 50.8 Å². The maximum Gasteiger partial charge on any atom is 0.271 e. The highest BCUT2D eigenvalue weighted by molar-refractivity contribution is 6.35. The minimum atomic E-state index is -0.810. The highest BCUT2D eigenvalue weighted by Crippen LogP contribution is 2.48. The van der Waals surface area contributed by atoms with Crippen LogP contribution in [0.15, 0.2) is 41.7 Å². The van der Waals surface area contributed by atoms with Gasteiger partial charge in [0.2, 0.25) is 5.91 Å². The van der Waals surface area contributed by atoms with Crippen molar-refractivity contribution in [1.29, 1.82) is 5.26 Å². The van der Waals surface area contributed by atoms with E-state index >= 15 is 4.39 Å². The van der Waals surface area contributed by atoms with Crippen molar-refractivity contribution in [3.63, 3.8) is 0 Å². The molecule has 4 heterocycles. The summed E-state index contributed by atoms with van der Waals surface area (Å²) in [4.78, 5) is 32.4. The molecule has 8 nitrogen and oxygen atoms in total. The first kappa shape index (κ1) is 28.2. The Balaban J connectivity index is 1.59. The maximum absolute atomic E-state index is 15.1. The number of benzene rings is 2. The van der Waals surface area contributed by atoms with Crippen LogP contribution in [0, 0.1) is 23.0 Å². The van der Waals surface area contributed by atoms with Gasteiger partial charge in [0.25, 0.3) is 5.56 Å². The van der Waals surface area contributed by atoms with Crippen molar-refractivity contribution in [3.05, 3.63) is 69.5 Å². The number of amides is 1. The molecule has 2 unspecified atom stereocenters. The van der Waals surface area contributed by atoms with Crippen LogP contribution in [0.25, 0.3) is 22.0 Å². The Morgan fingerprint density at radius 3 is 2.67 bits per heavy atom. The second kappa shape index (κ2) is 11.0. The molecule has 218 valence electrons. The van der Waals surface area contributed by atoms with E-state index in [1.54, 1.807) is 15.5 Å². The lowest BCUT2D eigenvalue weighted by Gasteiger charge is -2.42. The number of piperazine rings is 1. The number of hydrogen-bond acceptors (Lipinski definition) is 6. The number of pyridine rings is 1. The lowest BCUT2D eigenvalue weighted by molar-refractivity contribution is -0.126. The van der Waals surface area contributed by atoms with Gasteiger partial charge in [-0.15, -0.1) is 0 Å². The lowest BCUT2D eigenvalue weighted by atomic mass is 9.96. The van der Waals surface area contributed by atoms with Crippen LogP contribution in [0.2, 0.25) is 5.02 Å². The van der Waals surface area contributed by atoms with Gasteiger partial charge < -0.3 is 19.4 Å². The molecule has 1 amide bonds. The molecule has 2 atom stereocenters. The summed E-state index contributed by atoms with van der Waals surface area (Å²) in [6.45, 7) is 9.51. The molecule has 0 spiro atoms. The quantitative estimate of drug-likeness (QED) is 0.385. The van der Waals surface area contributed by atoms with Crippen molar-refractivity contribution < 1.29 is 18.3 Å². The Bertz CT molecular complexity index is 1710. The summed E-state index contributed by atoms with van der Waals surface area (Å²) in [6.07, 6.45) is 3.03. The third-order valence-electron chi connectivity index (χ3n) is 8.60. The van der Waals surface area contributed by atoms with Gasteiger partial charge in [-0.3, -0.25) is 14.2 Å². The molecule has 0 saturated carbocycles. The van der Waals surface area contributed by atoms with Gasteiger partial charge in [0.15, 0.2) is 5.75 Å². The van der Waals surface area contributed by atoms with E-state index in [0.717, 1.165) is 38.2 Å². The van der Waals surface area contributed by atoms with Gasteiger partial charge in [-0.25, -0.2) is 8.78 Å². The smallest absolute Gasteiger partial charge is 0.271 e. The molecule has 6 rings (SSSR count). The fourth-order valence-corrected chi connectivity index (χ4v) is 6.64. The second-order valence-corrected chi connectivity index (χ2v) is 11.5. The van der Waals surface area contributed by atoms with Crippen molar-refractivity contribution in [1.82, 2.24) is 14.4 Å². The molecule has 0 N–H and O–H groups in total. The van der Waals surface area contributed by atoms with Crippen molar-refractivity contribution in [2.24, 2.45) is 0 Å². The molecular weight excluding hydrogens is 564 g/mol. The van der Waals surface area contributed by atoms with E-state index in [4.69, 9.17) is 16.3 Å². The average molecular weight is 594 g/mol. The van der Waals surface area contributed by atoms with Gasteiger partial charge >= 0.3 is 0 Å². The van der Waals surface area contributed by atoms with Gasteiger partial charge in [0.05, 0.1) is 22.3 Å². The van der Waals surface area contributed by atoms with Crippen LogP contribution in [0.5, 0.6) is 5.75 Å². The van der Waals surface area contributed by atoms with Gasteiger partial charge in [-0.1, -0.05) is 18.2 Å². The molecular formula is C31H30ClF2N5O3. The Morgan fingerprint density at radius 2 is 2.02 bits per heavy atom. The molecule has 11 heteroatoms. The fourth-order valence-electron chi connectivity index (χ4n) is 6.35. The molecule has 1 aromatic heterocycles. The summed E-state index contributed by atoms with van der Waals surface area (Å²) < 4.78 is 36.9. The Labute approximate surface area is 246 Å². The molecule has 2 aromatic carbocycles. The van der Waals surface area contributed by atoms with E-state index in [1.807, 2.05) is 11.8 Å². The van der Waals surface area contributed by atoms with E-state index in [-0.39, 0.29) is 52.1 Å². The molecule has 3 aliphatic rings. The van der Waals surface area contributed by atoms with Crippen LogP contribution < -0.4 is 15.2 Å². The van der Waals surface area contributed by atoms with Gasteiger partial charge in [0, 0.05) is 54.8 Å². The van der Waals surface area contributed by atoms with Gasteiger partial charge in [0.1, 0.15) is 29.9 Å². The molecule has 3 aliphatic heterocycles. The largest absolute Gasteiger partial charge is 0.488 e. The summed E-state index contributed by atoms with van der Waals surface area (Å²) in [7, 11) is 0. The number of anilines is 1. The van der Waals surface area contributed by atoms with Gasteiger partial charge in [-0.2, -0.15) is 5.26 Å². The van der Waals surface area contributed by atoms with Crippen LogP contribution in [0.3, 0.4) is 0 Å². The van der Waals surface area contributed by atoms with Gasteiger partial charge in [-0.05, 0) is 57.1 Å². The Kier molecular flexibility index (Phi) is 7.41. The predicted octanol–water partition coefficient (Wildman–Crippen LogP) is 4.72. The highest BCUT2D eigenvalue weighted by atomic mass is 35.5. The molecule has 0 radical (unpaired) electrons. The lowest BCUT2D eigenvalue weighted by Crippen LogP contribution is -2.54. The molecule has 3 aromatic rings. The van der Waals surface area contributed by atoms with Crippen LogP contribution >= 0.6 is 11.6 Å².